The Bertz CT molecular complexity index is 782. The number of rotatable bonds is 4. The molecule has 0 N–H and O–H groups in total. The molecule has 2 saturated heterocycles. The number of carbonyl (C=O) groups is 2. The smallest absolute Gasteiger partial charge is 0.243 e. The number of hydrogen-bond acceptors (Lipinski definition) is 5. The summed E-state index contributed by atoms with van der Waals surface area (Å²) in [6.45, 7) is 2.85. The van der Waals surface area contributed by atoms with Crippen molar-refractivity contribution in [2.75, 3.05) is 19.6 Å². The van der Waals surface area contributed by atoms with Crippen molar-refractivity contribution in [2.24, 2.45) is 5.92 Å². The predicted molar refractivity (Wildman–Crippen MR) is 92.4 cm³/mol. The maximum atomic E-state index is 12.7. The highest BCUT2D eigenvalue weighted by Gasteiger charge is 2.37. The first kappa shape index (κ1) is 18.8. The van der Waals surface area contributed by atoms with Crippen molar-refractivity contribution in [3.63, 3.8) is 0 Å². The fourth-order valence-electron chi connectivity index (χ4n) is 3.71. The molecule has 0 saturated carbocycles. The van der Waals surface area contributed by atoms with Gasteiger partial charge in [0.1, 0.15) is 0 Å². The van der Waals surface area contributed by atoms with E-state index in [1.54, 1.807) is 24.3 Å². The number of nitrogens with zero attached hydrogens (tertiary/aromatic N) is 2. The molecule has 1 amide bonds. The average Bonchev–Trinajstić information content (AvgIpc) is 3.11. The summed E-state index contributed by atoms with van der Waals surface area (Å²) < 4.78 is 26.8. The van der Waals surface area contributed by atoms with Crippen LogP contribution in [0.15, 0.2) is 29.2 Å². The van der Waals surface area contributed by atoms with Gasteiger partial charge in [0, 0.05) is 25.6 Å². The van der Waals surface area contributed by atoms with Crippen molar-refractivity contribution in [3.05, 3.63) is 29.8 Å². The van der Waals surface area contributed by atoms with Crippen molar-refractivity contribution < 1.29 is 23.1 Å². The summed E-state index contributed by atoms with van der Waals surface area (Å²) >= 11 is 0. The molecule has 1 aromatic carbocycles. The van der Waals surface area contributed by atoms with E-state index in [0.717, 1.165) is 5.56 Å². The highest BCUT2D eigenvalue weighted by Crippen LogP contribution is 2.28. The number of carboxylic acids is 1. The Hall–Kier alpha value is -1.93. The van der Waals surface area contributed by atoms with Crippen LogP contribution >= 0.6 is 0 Å². The van der Waals surface area contributed by atoms with E-state index in [0.29, 0.717) is 32.2 Å². The van der Waals surface area contributed by atoms with Gasteiger partial charge in [-0.25, -0.2) is 8.42 Å². The fourth-order valence-corrected chi connectivity index (χ4v) is 5.18. The van der Waals surface area contributed by atoms with Crippen molar-refractivity contribution in [1.82, 2.24) is 9.21 Å². The van der Waals surface area contributed by atoms with Gasteiger partial charge in [-0.3, -0.25) is 4.79 Å². The third-order valence-corrected chi connectivity index (χ3v) is 7.18. The van der Waals surface area contributed by atoms with Crippen LogP contribution in [-0.2, 0) is 19.6 Å². The van der Waals surface area contributed by atoms with Crippen molar-refractivity contribution >= 4 is 21.9 Å². The first-order chi connectivity index (χ1) is 12.3. The Morgan fingerprint density at radius 2 is 1.65 bits per heavy atom. The minimum atomic E-state index is -3.57. The van der Waals surface area contributed by atoms with E-state index in [-0.39, 0.29) is 29.8 Å². The molecule has 1 atom stereocenters. The van der Waals surface area contributed by atoms with Crippen molar-refractivity contribution in [3.8, 4) is 0 Å². The van der Waals surface area contributed by atoms with Gasteiger partial charge >= 0.3 is 0 Å². The summed E-state index contributed by atoms with van der Waals surface area (Å²) in [5, 5.41) is 11.2. The SMILES string of the molecule is Cc1ccc(S(=O)(=O)N2CCC(C(=O)N3CCC[C@@H]3C(=O)[O-])CC2)cc1. The molecule has 1 aromatic rings. The molecule has 142 valence electrons. The maximum Gasteiger partial charge on any atom is 0.243 e. The largest absolute Gasteiger partial charge is 0.548 e. The fraction of sp³-hybridized carbons (Fsp3) is 0.556. The van der Waals surface area contributed by atoms with E-state index in [2.05, 4.69) is 0 Å². The lowest BCUT2D eigenvalue weighted by atomic mass is 9.96. The van der Waals surface area contributed by atoms with E-state index >= 15 is 0 Å². The lowest BCUT2D eigenvalue weighted by molar-refractivity contribution is -0.310. The van der Waals surface area contributed by atoms with Crippen LogP contribution in [0.25, 0.3) is 0 Å². The molecule has 8 heteroatoms. The third-order valence-electron chi connectivity index (χ3n) is 5.27. The molecule has 0 unspecified atom stereocenters. The van der Waals surface area contributed by atoms with Crippen LogP contribution in [0.3, 0.4) is 0 Å². The summed E-state index contributed by atoms with van der Waals surface area (Å²) in [6.07, 6.45) is 1.89. The molecule has 2 aliphatic heterocycles. The normalized spacial score (nSPS) is 22.5. The lowest BCUT2D eigenvalue weighted by Crippen LogP contribution is -2.50. The Morgan fingerprint density at radius 3 is 2.23 bits per heavy atom. The standard InChI is InChI=1S/C18H24N2O5S/c1-13-4-6-15(7-5-13)26(24,25)19-11-8-14(9-12-19)17(21)20-10-2-3-16(20)18(22)23/h4-7,14,16H,2-3,8-12H2,1H3,(H,22,23)/p-1/t16-/m1/s1. The van der Waals surface area contributed by atoms with Gasteiger partial charge in [0.05, 0.1) is 16.9 Å². The zero-order chi connectivity index (χ0) is 18.9. The van der Waals surface area contributed by atoms with Crippen LogP contribution < -0.4 is 5.11 Å². The maximum absolute atomic E-state index is 12.7. The van der Waals surface area contributed by atoms with E-state index in [9.17, 15) is 23.1 Å². The molecule has 2 aliphatic rings. The first-order valence-electron chi connectivity index (χ1n) is 8.89. The number of hydrogen-bond donors (Lipinski definition) is 0. The Labute approximate surface area is 153 Å². The molecule has 2 fully saturated rings. The van der Waals surface area contributed by atoms with Gasteiger partial charge in [0.2, 0.25) is 15.9 Å². The molecule has 26 heavy (non-hydrogen) atoms. The number of piperidine rings is 1. The molecule has 0 aromatic heterocycles. The number of benzene rings is 1. The second-order valence-electron chi connectivity index (χ2n) is 7.00. The van der Waals surface area contributed by atoms with Crippen LogP contribution in [0.4, 0.5) is 0 Å². The van der Waals surface area contributed by atoms with Gasteiger partial charge < -0.3 is 14.8 Å². The Morgan fingerprint density at radius 1 is 1.04 bits per heavy atom. The Kier molecular flexibility index (Phi) is 5.34. The molecule has 0 spiro atoms. The summed E-state index contributed by atoms with van der Waals surface area (Å²) in [5.74, 6) is -1.74. The molecule has 2 heterocycles. The molecule has 7 nitrogen and oxygen atoms in total. The van der Waals surface area contributed by atoms with E-state index in [1.807, 2.05) is 6.92 Å². The van der Waals surface area contributed by atoms with E-state index in [1.165, 1.54) is 9.21 Å². The highest BCUT2D eigenvalue weighted by atomic mass is 32.2. The molecule has 0 aliphatic carbocycles. The number of sulfonamides is 1. The minimum Gasteiger partial charge on any atom is -0.548 e. The van der Waals surface area contributed by atoms with Gasteiger partial charge in [0.25, 0.3) is 0 Å². The molecular formula is C18H23N2O5S-. The average molecular weight is 379 g/mol. The number of aliphatic carboxylic acids is 1. The van der Waals surface area contributed by atoms with Gasteiger partial charge in [-0.2, -0.15) is 4.31 Å². The monoisotopic (exact) mass is 379 g/mol. The number of aryl methyl sites for hydroxylation is 1. The number of carboxylic acid groups (broad SMARTS) is 1. The second-order valence-corrected chi connectivity index (χ2v) is 8.94. The van der Waals surface area contributed by atoms with E-state index < -0.39 is 22.0 Å². The number of carbonyl (C=O) groups excluding carboxylic acids is 2. The topological polar surface area (TPSA) is 97.8 Å². The third kappa shape index (κ3) is 3.61. The predicted octanol–water partition coefficient (Wildman–Crippen LogP) is 0.137. The van der Waals surface area contributed by atoms with E-state index in [4.69, 9.17) is 0 Å². The van der Waals surface area contributed by atoms with Crippen LogP contribution in [0.5, 0.6) is 0 Å². The van der Waals surface area contributed by atoms with Crippen LogP contribution in [0, 0.1) is 12.8 Å². The number of amides is 1. The van der Waals surface area contributed by atoms with Crippen LogP contribution in [0.2, 0.25) is 0 Å². The van der Waals surface area contributed by atoms with Crippen LogP contribution in [0.1, 0.15) is 31.2 Å². The van der Waals surface area contributed by atoms with Crippen LogP contribution in [-0.4, -0.2) is 55.2 Å². The molecular weight excluding hydrogens is 356 g/mol. The highest BCUT2D eigenvalue weighted by molar-refractivity contribution is 7.89. The summed E-state index contributed by atoms with van der Waals surface area (Å²) in [5.41, 5.74) is 0.987. The van der Waals surface area contributed by atoms with Gasteiger partial charge in [-0.1, -0.05) is 17.7 Å². The van der Waals surface area contributed by atoms with Gasteiger partial charge in [0.15, 0.2) is 0 Å². The zero-order valence-corrected chi connectivity index (χ0v) is 15.6. The molecule has 3 rings (SSSR count). The van der Waals surface area contributed by atoms with Crippen molar-refractivity contribution in [1.29, 1.82) is 0 Å². The number of likely N-dealkylation sites (tertiary alicyclic amines) is 1. The summed E-state index contributed by atoms with van der Waals surface area (Å²) in [7, 11) is -3.57. The lowest BCUT2D eigenvalue weighted by Gasteiger charge is -2.34. The van der Waals surface area contributed by atoms with Gasteiger partial charge in [-0.05, 0) is 44.7 Å². The molecule has 0 radical (unpaired) electrons. The van der Waals surface area contributed by atoms with Crippen molar-refractivity contribution in [2.45, 2.75) is 43.5 Å². The second kappa shape index (κ2) is 7.36. The Balaban J connectivity index is 1.64. The quantitative estimate of drug-likeness (QED) is 0.741. The summed E-state index contributed by atoms with van der Waals surface area (Å²) in [4.78, 5) is 25.5. The summed E-state index contributed by atoms with van der Waals surface area (Å²) in [6, 6.07) is 5.86. The minimum absolute atomic E-state index is 0.191. The molecule has 0 bridgehead atoms. The zero-order valence-electron chi connectivity index (χ0n) is 14.8. The first-order valence-corrected chi connectivity index (χ1v) is 10.3. The van der Waals surface area contributed by atoms with Gasteiger partial charge in [-0.15, -0.1) is 0 Å².